The van der Waals surface area contributed by atoms with Crippen LogP contribution in [0.25, 0.3) is 0 Å². The van der Waals surface area contributed by atoms with E-state index in [1.165, 1.54) is 51.7 Å². The van der Waals surface area contributed by atoms with Crippen LogP contribution in [0, 0.1) is 5.92 Å². The molecule has 0 aromatic rings. The number of unbranched alkanes of at least 4 members (excludes halogenated alkanes) is 1. The van der Waals surface area contributed by atoms with Gasteiger partial charge in [0.1, 0.15) is 0 Å². The van der Waals surface area contributed by atoms with Gasteiger partial charge in [0, 0.05) is 0 Å². The lowest BCUT2D eigenvalue weighted by molar-refractivity contribution is 0.185. The molecule has 0 spiro atoms. The van der Waals surface area contributed by atoms with Crippen molar-refractivity contribution in [2.24, 2.45) is 11.7 Å². The van der Waals surface area contributed by atoms with Crippen LogP contribution in [0.1, 0.15) is 52.9 Å². The van der Waals surface area contributed by atoms with Gasteiger partial charge in [-0.2, -0.15) is 0 Å². The molecule has 1 saturated heterocycles. The van der Waals surface area contributed by atoms with Crippen molar-refractivity contribution in [2.75, 3.05) is 26.2 Å². The van der Waals surface area contributed by atoms with Crippen LogP contribution in [0.15, 0.2) is 0 Å². The third-order valence-corrected chi connectivity index (χ3v) is 3.22. The number of likely N-dealkylation sites (tertiary alicyclic amines) is 1. The minimum absolute atomic E-state index is 0.869. The second-order valence-electron chi connectivity index (χ2n) is 4.16. The van der Waals surface area contributed by atoms with Gasteiger partial charge in [0.15, 0.2) is 0 Å². The summed E-state index contributed by atoms with van der Waals surface area (Å²) in [6.45, 7) is 11.0. The van der Waals surface area contributed by atoms with Gasteiger partial charge in [-0.1, -0.05) is 33.6 Å². The minimum Gasteiger partial charge on any atom is -0.330 e. The molecule has 1 heterocycles. The number of hydrogen-bond acceptors (Lipinski definition) is 2. The summed E-state index contributed by atoms with van der Waals surface area (Å²) in [6.07, 6.45) is 6.80. The molecule has 2 heteroatoms. The standard InChI is InChI=1S/C11H24N2.C2H6/c1-2-13-9-6-11(7-10-13)5-3-4-8-12;1-2/h11H,2-10,12H2,1H3;1-2H3. The van der Waals surface area contributed by atoms with E-state index in [-0.39, 0.29) is 0 Å². The molecule has 0 aromatic heterocycles. The molecule has 0 aromatic carbocycles. The molecule has 1 rings (SSSR count). The average molecular weight is 214 g/mol. The number of nitrogens with zero attached hydrogens (tertiary/aromatic N) is 1. The summed E-state index contributed by atoms with van der Waals surface area (Å²) in [5.41, 5.74) is 5.48. The fourth-order valence-electron chi connectivity index (χ4n) is 2.17. The smallest absolute Gasteiger partial charge is 0.00162 e. The van der Waals surface area contributed by atoms with Gasteiger partial charge < -0.3 is 10.6 Å². The van der Waals surface area contributed by atoms with Crippen LogP contribution in [-0.4, -0.2) is 31.1 Å². The van der Waals surface area contributed by atoms with Gasteiger partial charge >= 0.3 is 0 Å². The fraction of sp³-hybridized carbons (Fsp3) is 1.00. The van der Waals surface area contributed by atoms with Crippen LogP contribution in [0.3, 0.4) is 0 Å². The first-order valence-electron chi connectivity index (χ1n) is 6.79. The molecule has 1 aliphatic rings. The molecule has 1 fully saturated rings. The van der Waals surface area contributed by atoms with E-state index in [1.807, 2.05) is 13.8 Å². The van der Waals surface area contributed by atoms with Gasteiger partial charge in [-0.15, -0.1) is 0 Å². The third-order valence-electron chi connectivity index (χ3n) is 3.22. The first-order valence-corrected chi connectivity index (χ1v) is 6.79. The zero-order valence-electron chi connectivity index (χ0n) is 11.0. The molecule has 15 heavy (non-hydrogen) atoms. The zero-order valence-corrected chi connectivity index (χ0v) is 11.0. The summed E-state index contributed by atoms with van der Waals surface area (Å²) < 4.78 is 0. The van der Waals surface area contributed by atoms with E-state index < -0.39 is 0 Å². The van der Waals surface area contributed by atoms with Gasteiger partial charge in [-0.3, -0.25) is 0 Å². The van der Waals surface area contributed by atoms with Crippen molar-refractivity contribution in [3.8, 4) is 0 Å². The zero-order chi connectivity index (χ0) is 11.5. The Balaban J connectivity index is 0.000000921. The van der Waals surface area contributed by atoms with Gasteiger partial charge in [-0.05, 0) is 51.4 Å². The summed E-state index contributed by atoms with van der Waals surface area (Å²) in [5, 5.41) is 0. The Hall–Kier alpha value is -0.0800. The van der Waals surface area contributed by atoms with Crippen molar-refractivity contribution >= 4 is 0 Å². The van der Waals surface area contributed by atoms with Crippen molar-refractivity contribution in [2.45, 2.75) is 52.9 Å². The van der Waals surface area contributed by atoms with Crippen LogP contribution in [-0.2, 0) is 0 Å². The molecule has 0 bridgehead atoms. The topological polar surface area (TPSA) is 29.3 Å². The lowest BCUT2D eigenvalue weighted by Gasteiger charge is -2.30. The van der Waals surface area contributed by atoms with E-state index in [0.29, 0.717) is 0 Å². The molecule has 2 nitrogen and oxygen atoms in total. The highest BCUT2D eigenvalue weighted by atomic mass is 15.1. The quantitative estimate of drug-likeness (QED) is 0.713. The van der Waals surface area contributed by atoms with E-state index >= 15 is 0 Å². The van der Waals surface area contributed by atoms with Crippen LogP contribution in [0.2, 0.25) is 0 Å². The number of hydrogen-bond donors (Lipinski definition) is 1. The number of nitrogens with two attached hydrogens (primary N) is 1. The maximum Gasteiger partial charge on any atom is -0.00162 e. The van der Waals surface area contributed by atoms with Crippen molar-refractivity contribution in [3.63, 3.8) is 0 Å². The van der Waals surface area contributed by atoms with Crippen LogP contribution in [0.5, 0.6) is 0 Å². The van der Waals surface area contributed by atoms with Crippen molar-refractivity contribution in [3.05, 3.63) is 0 Å². The largest absolute Gasteiger partial charge is 0.330 e. The Labute approximate surface area is 96.2 Å². The molecule has 0 aliphatic carbocycles. The normalized spacial score (nSPS) is 18.4. The molecular formula is C13H30N2. The van der Waals surface area contributed by atoms with Gasteiger partial charge in [0.2, 0.25) is 0 Å². The van der Waals surface area contributed by atoms with E-state index in [9.17, 15) is 0 Å². The van der Waals surface area contributed by atoms with Crippen molar-refractivity contribution in [1.82, 2.24) is 4.90 Å². The first kappa shape index (κ1) is 14.9. The summed E-state index contributed by atoms with van der Waals surface area (Å²) in [5.74, 6) is 0.995. The van der Waals surface area contributed by atoms with Gasteiger partial charge in [-0.25, -0.2) is 0 Å². The lowest BCUT2D eigenvalue weighted by atomic mass is 9.91. The fourth-order valence-corrected chi connectivity index (χ4v) is 2.17. The Morgan fingerprint density at radius 1 is 1.13 bits per heavy atom. The molecular weight excluding hydrogens is 184 g/mol. The molecule has 0 amide bonds. The predicted octanol–water partition coefficient (Wildman–Crippen LogP) is 2.87. The maximum atomic E-state index is 5.48. The summed E-state index contributed by atoms with van der Waals surface area (Å²) in [6, 6.07) is 0. The molecule has 92 valence electrons. The van der Waals surface area contributed by atoms with E-state index in [4.69, 9.17) is 5.73 Å². The number of rotatable bonds is 5. The Morgan fingerprint density at radius 3 is 2.20 bits per heavy atom. The molecule has 0 atom stereocenters. The molecule has 0 unspecified atom stereocenters. The minimum atomic E-state index is 0.869. The lowest BCUT2D eigenvalue weighted by Crippen LogP contribution is -2.33. The predicted molar refractivity (Wildman–Crippen MR) is 69.1 cm³/mol. The highest BCUT2D eigenvalue weighted by molar-refractivity contribution is 4.71. The Bertz CT molecular complexity index is 115. The van der Waals surface area contributed by atoms with Gasteiger partial charge in [0.05, 0.1) is 0 Å². The highest BCUT2D eigenvalue weighted by Gasteiger charge is 2.16. The van der Waals surface area contributed by atoms with E-state index in [2.05, 4.69) is 11.8 Å². The first-order chi connectivity index (χ1) is 7.36. The van der Waals surface area contributed by atoms with Crippen molar-refractivity contribution in [1.29, 1.82) is 0 Å². The summed E-state index contributed by atoms with van der Waals surface area (Å²) in [7, 11) is 0. The SMILES string of the molecule is CC.CCN1CCC(CCCCN)CC1. The maximum absolute atomic E-state index is 5.48. The molecule has 0 saturated carbocycles. The highest BCUT2D eigenvalue weighted by Crippen LogP contribution is 2.21. The Kier molecular flexibility index (Phi) is 10.4. The van der Waals surface area contributed by atoms with E-state index in [1.54, 1.807) is 0 Å². The summed E-state index contributed by atoms with van der Waals surface area (Å²) in [4.78, 5) is 2.55. The van der Waals surface area contributed by atoms with Crippen LogP contribution < -0.4 is 5.73 Å². The van der Waals surface area contributed by atoms with Gasteiger partial charge in [0.25, 0.3) is 0 Å². The Morgan fingerprint density at radius 2 is 1.73 bits per heavy atom. The average Bonchev–Trinajstić information content (AvgIpc) is 2.33. The summed E-state index contributed by atoms with van der Waals surface area (Å²) >= 11 is 0. The third kappa shape index (κ3) is 6.91. The molecule has 0 radical (unpaired) electrons. The molecule has 1 aliphatic heterocycles. The number of piperidine rings is 1. The monoisotopic (exact) mass is 214 g/mol. The molecule has 2 N–H and O–H groups in total. The second-order valence-corrected chi connectivity index (χ2v) is 4.16. The van der Waals surface area contributed by atoms with Crippen molar-refractivity contribution < 1.29 is 0 Å². The second kappa shape index (κ2) is 10.4. The van der Waals surface area contributed by atoms with Crippen LogP contribution in [0.4, 0.5) is 0 Å². The van der Waals surface area contributed by atoms with Crippen LogP contribution >= 0.6 is 0 Å². The van der Waals surface area contributed by atoms with E-state index in [0.717, 1.165) is 12.5 Å².